The summed E-state index contributed by atoms with van der Waals surface area (Å²) >= 11 is 4.67. The molecule has 8 heteroatoms. The molecule has 112 valence electrons. The van der Waals surface area contributed by atoms with Gasteiger partial charge in [0.1, 0.15) is 11.5 Å². The second kappa shape index (κ2) is 6.53. The highest BCUT2D eigenvalue weighted by Crippen LogP contribution is 2.26. The smallest absolute Gasteiger partial charge is 0.191 e. The topological polar surface area (TPSA) is 56.5 Å². The van der Waals surface area contributed by atoms with Gasteiger partial charge in [0.2, 0.25) is 0 Å². The molecule has 1 aromatic carbocycles. The first-order valence-electron chi connectivity index (χ1n) is 6.37. The number of halogens is 2. The van der Waals surface area contributed by atoms with E-state index >= 15 is 0 Å². The van der Waals surface area contributed by atoms with Gasteiger partial charge in [0.25, 0.3) is 0 Å². The van der Waals surface area contributed by atoms with Crippen molar-refractivity contribution in [2.45, 2.75) is 10.9 Å². The molecule has 22 heavy (non-hydrogen) atoms. The summed E-state index contributed by atoms with van der Waals surface area (Å²) in [7, 11) is 1.85. The van der Waals surface area contributed by atoms with Gasteiger partial charge < -0.3 is 4.57 Å². The minimum atomic E-state index is -0.238. The molecular formula is C14H11BrFN5S. The second-order valence-electron chi connectivity index (χ2n) is 4.48. The largest absolute Gasteiger partial charge is 0.304 e. The van der Waals surface area contributed by atoms with Crippen molar-refractivity contribution in [2.75, 3.05) is 0 Å². The molecule has 0 saturated heterocycles. The van der Waals surface area contributed by atoms with Crippen LogP contribution in [0.5, 0.6) is 0 Å². The minimum absolute atomic E-state index is 0.238. The highest BCUT2D eigenvalue weighted by atomic mass is 79.9. The van der Waals surface area contributed by atoms with Crippen molar-refractivity contribution in [1.82, 2.24) is 24.7 Å². The highest BCUT2D eigenvalue weighted by molar-refractivity contribution is 9.10. The lowest BCUT2D eigenvalue weighted by atomic mass is 10.2. The number of thioether (sulfide) groups is 1. The van der Waals surface area contributed by atoms with Crippen molar-refractivity contribution in [2.24, 2.45) is 7.05 Å². The van der Waals surface area contributed by atoms with Crippen LogP contribution in [-0.2, 0) is 12.8 Å². The third kappa shape index (κ3) is 3.17. The Bertz CT molecular complexity index is 793. The number of aromatic nitrogens is 5. The summed E-state index contributed by atoms with van der Waals surface area (Å²) in [4.78, 5) is 8.23. The van der Waals surface area contributed by atoms with Gasteiger partial charge in [-0.15, -0.1) is 10.2 Å². The van der Waals surface area contributed by atoms with Gasteiger partial charge >= 0.3 is 0 Å². The Balaban J connectivity index is 1.78. The molecule has 0 saturated carbocycles. The molecule has 2 aromatic heterocycles. The molecular weight excluding hydrogens is 369 g/mol. The Kier molecular flexibility index (Phi) is 4.49. The SMILES string of the molecule is Cn1c(SCc2ccc(Br)cc2F)nnc1-c1cnccn1. The van der Waals surface area contributed by atoms with E-state index in [9.17, 15) is 4.39 Å². The standard InChI is InChI=1S/C14H11BrFN5S/c1-21-13(12-7-17-4-5-18-12)19-20-14(21)22-8-9-2-3-10(15)6-11(9)16/h2-7H,8H2,1H3. The monoisotopic (exact) mass is 379 g/mol. The van der Waals surface area contributed by atoms with Crippen molar-refractivity contribution in [3.05, 3.63) is 52.6 Å². The van der Waals surface area contributed by atoms with E-state index in [-0.39, 0.29) is 5.82 Å². The lowest BCUT2D eigenvalue weighted by Crippen LogP contribution is -1.97. The van der Waals surface area contributed by atoms with E-state index in [2.05, 4.69) is 36.1 Å². The quantitative estimate of drug-likeness (QED) is 0.649. The number of nitrogens with zero attached hydrogens (tertiary/aromatic N) is 5. The molecule has 0 fully saturated rings. The molecule has 0 spiro atoms. The van der Waals surface area contributed by atoms with Gasteiger partial charge in [0.15, 0.2) is 11.0 Å². The fraction of sp³-hybridized carbons (Fsp3) is 0.143. The van der Waals surface area contributed by atoms with Gasteiger partial charge in [-0.25, -0.2) is 9.37 Å². The molecule has 0 bridgehead atoms. The third-order valence-electron chi connectivity index (χ3n) is 3.00. The molecule has 0 aliphatic rings. The molecule has 0 N–H and O–H groups in total. The van der Waals surface area contributed by atoms with Gasteiger partial charge in [-0.3, -0.25) is 4.98 Å². The summed E-state index contributed by atoms with van der Waals surface area (Å²) in [6.45, 7) is 0. The highest BCUT2D eigenvalue weighted by Gasteiger charge is 2.13. The van der Waals surface area contributed by atoms with Crippen LogP contribution >= 0.6 is 27.7 Å². The maximum absolute atomic E-state index is 13.8. The summed E-state index contributed by atoms with van der Waals surface area (Å²) in [5.41, 5.74) is 1.27. The number of hydrogen-bond donors (Lipinski definition) is 0. The molecule has 3 aromatic rings. The molecule has 0 aliphatic carbocycles. The first-order chi connectivity index (χ1) is 10.6. The van der Waals surface area contributed by atoms with E-state index in [1.165, 1.54) is 17.8 Å². The van der Waals surface area contributed by atoms with Crippen molar-refractivity contribution in [3.8, 4) is 11.5 Å². The van der Waals surface area contributed by atoms with Gasteiger partial charge in [-0.2, -0.15) is 0 Å². The van der Waals surface area contributed by atoms with E-state index in [1.54, 1.807) is 24.7 Å². The zero-order valence-electron chi connectivity index (χ0n) is 11.6. The second-order valence-corrected chi connectivity index (χ2v) is 6.34. The van der Waals surface area contributed by atoms with Crippen molar-refractivity contribution < 1.29 is 4.39 Å². The zero-order valence-corrected chi connectivity index (χ0v) is 14.0. The molecule has 5 nitrogen and oxygen atoms in total. The van der Waals surface area contributed by atoms with E-state index < -0.39 is 0 Å². The molecule has 0 amide bonds. The Labute approximate surface area is 139 Å². The van der Waals surface area contributed by atoms with E-state index in [1.807, 2.05) is 17.7 Å². The average molecular weight is 380 g/mol. The fourth-order valence-corrected chi connectivity index (χ4v) is 3.09. The lowest BCUT2D eigenvalue weighted by molar-refractivity contribution is 0.616. The van der Waals surface area contributed by atoms with Crippen LogP contribution in [-0.4, -0.2) is 24.7 Å². The summed E-state index contributed by atoms with van der Waals surface area (Å²) in [5, 5.41) is 8.95. The predicted molar refractivity (Wildman–Crippen MR) is 85.7 cm³/mol. The van der Waals surface area contributed by atoms with E-state index in [4.69, 9.17) is 0 Å². The first kappa shape index (κ1) is 15.1. The first-order valence-corrected chi connectivity index (χ1v) is 8.15. The van der Waals surface area contributed by atoms with Crippen LogP contribution < -0.4 is 0 Å². The molecule has 0 unspecified atom stereocenters. The van der Waals surface area contributed by atoms with Crippen molar-refractivity contribution in [3.63, 3.8) is 0 Å². The minimum Gasteiger partial charge on any atom is -0.304 e. The van der Waals surface area contributed by atoms with Crippen LogP contribution in [0.25, 0.3) is 11.5 Å². The molecule has 0 atom stereocenters. The van der Waals surface area contributed by atoms with Crippen LogP contribution in [0.2, 0.25) is 0 Å². The van der Waals surface area contributed by atoms with Gasteiger partial charge in [0.05, 0.1) is 6.20 Å². The van der Waals surface area contributed by atoms with Gasteiger partial charge in [0, 0.05) is 29.7 Å². The summed E-state index contributed by atoms with van der Waals surface area (Å²) in [5.74, 6) is 0.871. The zero-order chi connectivity index (χ0) is 15.5. The van der Waals surface area contributed by atoms with Crippen LogP contribution in [0.3, 0.4) is 0 Å². The Morgan fingerprint density at radius 2 is 2.14 bits per heavy atom. The van der Waals surface area contributed by atoms with Crippen molar-refractivity contribution >= 4 is 27.7 Å². The average Bonchev–Trinajstić information content (AvgIpc) is 2.88. The Morgan fingerprint density at radius 3 is 2.86 bits per heavy atom. The van der Waals surface area contributed by atoms with Crippen LogP contribution in [0.1, 0.15) is 5.56 Å². The maximum Gasteiger partial charge on any atom is 0.191 e. The Morgan fingerprint density at radius 1 is 1.27 bits per heavy atom. The summed E-state index contributed by atoms with van der Waals surface area (Å²) < 4.78 is 16.4. The van der Waals surface area contributed by atoms with Gasteiger partial charge in [-0.05, 0) is 17.7 Å². The molecule has 0 aliphatic heterocycles. The van der Waals surface area contributed by atoms with E-state index in [0.29, 0.717) is 28.0 Å². The third-order valence-corrected chi connectivity index (χ3v) is 4.56. The lowest BCUT2D eigenvalue weighted by Gasteiger charge is -2.04. The van der Waals surface area contributed by atoms with Crippen molar-refractivity contribution in [1.29, 1.82) is 0 Å². The summed E-state index contributed by atoms with van der Waals surface area (Å²) in [6.07, 6.45) is 4.84. The maximum atomic E-state index is 13.8. The van der Waals surface area contributed by atoms with E-state index in [0.717, 1.165) is 4.47 Å². The molecule has 3 rings (SSSR count). The number of benzene rings is 1. The normalized spacial score (nSPS) is 10.9. The molecule has 0 radical (unpaired) electrons. The molecule has 2 heterocycles. The summed E-state index contributed by atoms with van der Waals surface area (Å²) in [6, 6.07) is 5.03. The fourth-order valence-electron chi connectivity index (χ4n) is 1.86. The predicted octanol–water partition coefficient (Wildman–Crippen LogP) is 3.47. The number of hydrogen-bond acceptors (Lipinski definition) is 5. The number of rotatable bonds is 4. The Hall–Kier alpha value is -1.80. The van der Waals surface area contributed by atoms with Gasteiger partial charge in [-0.1, -0.05) is 33.8 Å². The van der Waals surface area contributed by atoms with Crippen LogP contribution in [0.15, 0.2) is 46.4 Å². The van der Waals surface area contributed by atoms with Crippen LogP contribution in [0, 0.1) is 5.82 Å². The van der Waals surface area contributed by atoms with Crippen LogP contribution in [0.4, 0.5) is 4.39 Å².